The second kappa shape index (κ2) is 6.31. The van der Waals surface area contributed by atoms with Crippen LogP contribution in [0.15, 0.2) is 0 Å². The first kappa shape index (κ1) is 16.6. The lowest BCUT2D eigenvalue weighted by molar-refractivity contribution is -0.291. The van der Waals surface area contributed by atoms with Gasteiger partial charge in [-0.2, -0.15) is 22.0 Å². The summed E-state index contributed by atoms with van der Waals surface area (Å²) in [5.41, 5.74) is -1.32. The Hall–Kier alpha value is -0.480. The van der Waals surface area contributed by atoms with E-state index in [0.29, 0.717) is 13.0 Å². The third-order valence-corrected chi connectivity index (χ3v) is 3.62. The van der Waals surface area contributed by atoms with Gasteiger partial charge in [-0.15, -0.1) is 5.10 Å². The number of nitrogens with zero attached hydrogens (tertiary/aromatic N) is 3. The molecule has 0 aliphatic carbocycles. The Bertz CT molecular complexity index is 416. The van der Waals surface area contributed by atoms with Crippen LogP contribution in [0.5, 0.6) is 0 Å². The number of rotatable bonds is 6. The van der Waals surface area contributed by atoms with Crippen molar-refractivity contribution in [2.24, 2.45) is 0 Å². The molecule has 1 aromatic heterocycles. The van der Waals surface area contributed by atoms with E-state index in [0.717, 1.165) is 23.9 Å². The molecule has 1 heterocycles. The maximum absolute atomic E-state index is 13.1. The van der Waals surface area contributed by atoms with Gasteiger partial charge in [0.2, 0.25) is 0 Å². The third kappa shape index (κ3) is 3.76. The van der Waals surface area contributed by atoms with Gasteiger partial charge in [0.25, 0.3) is 0 Å². The molecule has 0 atom stereocenters. The minimum Gasteiger partial charge on any atom is -0.239 e. The molecule has 0 unspecified atom stereocenters. The summed E-state index contributed by atoms with van der Waals surface area (Å²) in [5.74, 6) is -4.97. The van der Waals surface area contributed by atoms with E-state index < -0.39 is 17.8 Å². The molecular weight excluding hydrogens is 384 g/mol. The van der Waals surface area contributed by atoms with Crippen LogP contribution in [0.2, 0.25) is 0 Å². The molecule has 0 aromatic carbocycles. The number of hydrogen-bond acceptors (Lipinski definition) is 2. The molecule has 0 aliphatic rings. The van der Waals surface area contributed by atoms with E-state index >= 15 is 0 Å². The molecule has 0 radical (unpaired) electrons. The zero-order valence-electron chi connectivity index (χ0n) is 10.1. The molecule has 19 heavy (non-hydrogen) atoms. The van der Waals surface area contributed by atoms with Crippen molar-refractivity contribution in [1.82, 2.24) is 15.0 Å². The van der Waals surface area contributed by atoms with E-state index in [2.05, 4.69) is 10.3 Å². The van der Waals surface area contributed by atoms with Gasteiger partial charge in [-0.1, -0.05) is 31.4 Å². The van der Waals surface area contributed by atoms with Crippen LogP contribution in [-0.4, -0.2) is 21.2 Å². The number of aryl methyl sites for hydroxylation is 1. The zero-order valence-corrected chi connectivity index (χ0v) is 12.3. The van der Waals surface area contributed by atoms with Crippen molar-refractivity contribution >= 4 is 22.6 Å². The molecule has 0 bridgehead atoms. The van der Waals surface area contributed by atoms with Crippen LogP contribution in [0.3, 0.4) is 0 Å². The number of aromatic nitrogens is 3. The van der Waals surface area contributed by atoms with Crippen LogP contribution >= 0.6 is 22.6 Å². The molecule has 3 nitrogen and oxygen atoms in total. The molecule has 110 valence electrons. The summed E-state index contributed by atoms with van der Waals surface area (Å²) in [6.45, 7) is 2.31. The first-order valence-corrected chi connectivity index (χ1v) is 6.83. The minimum atomic E-state index is -5.66. The largest absolute Gasteiger partial charge is 0.459 e. The Morgan fingerprint density at radius 2 is 1.74 bits per heavy atom. The first-order chi connectivity index (χ1) is 8.71. The zero-order chi connectivity index (χ0) is 14.7. The molecule has 0 aliphatic heterocycles. The number of alkyl halides is 5. The van der Waals surface area contributed by atoms with E-state index in [1.807, 2.05) is 6.92 Å². The van der Waals surface area contributed by atoms with E-state index in [-0.39, 0.29) is 3.70 Å². The van der Waals surface area contributed by atoms with Gasteiger partial charge < -0.3 is 0 Å². The lowest BCUT2D eigenvalue weighted by Gasteiger charge is -2.17. The van der Waals surface area contributed by atoms with Crippen LogP contribution < -0.4 is 0 Å². The molecule has 9 heteroatoms. The average molecular weight is 397 g/mol. The number of unbranched alkanes of at least 4 members (excludes halogenated alkanes) is 3. The van der Waals surface area contributed by atoms with Crippen molar-refractivity contribution in [3.05, 3.63) is 9.39 Å². The summed E-state index contributed by atoms with van der Waals surface area (Å²) in [6, 6.07) is 0. The van der Waals surface area contributed by atoms with Gasteiger partial charge in [0.15, 0.2) is 5.69 Å². The van der Waals surface area contributed by atoms with Crippen LogP contribution in [0.4, 0.5) is 22.0 Å². The number of halogens is 6. The Morgan fingerprint density at radius 1 is 1.11 bits per heavy atom. The van der Waals surface area contributed by atoms with Crippen molar-refractivity contribution in [2.75, 3.05) is 0 Å². The lowest BCUT2D eigenvalue weighted by Crippen LogP contribution is -2.34. The summed E-state index contributed by atoms with van der Waals surface area (Å²) < 4.78 is 63.8. The fourth-order valence-corrected chi connectivity index (χ4v) is 2.24. The fraction of sp³-hybridized carbons (Fsp3) is 0.800. The molecule has 1 rings (SSSR count). The van der Waals surface area contributed by atoms with Crippen molar-refractivity contribution in [3.8, 4) is 0 Å². The van der Waals surface area contributed by atoms with Crippen LogP contribution in [0.25, 0.3) is 0 Å². The molecule has 1 aromatic rings. The van der Waals surface area contributed by atoms with Crippen molar-refractivity contribution in [3.63, 3.8) is 0 Å². The summed E-state index contributed by atoms with van der Waals surface area (Å²) in [7, 11) is 0. The van der Waals surface area contributed by atoms with Crippen LogP contribution in [0, 0.1) is 3.70 Å². The predicted molar refractivity (Wildman–Crippen MR) is 66.8 cm³/mol. The van der Waals surface area contributed by atoms with E-state index in [1.54, 1.807) is 0 Å². The van der Waals surface area contributed by atoms with E-state index in [9.17, 15) is 22.0 Å². The van der Waals surface area contributed by atoms with Crippen molar-refractivity contribution < 1.29 is 22.0 Å². The van der Waals surface area contributed by atoms with Gasteiger partial charge in [-0.3, -0.25) is 0 Å². The summed E-state index contributed by atoms with van der Waals surface area (Å²) in [4.78, 5) is 0. The quantitative estimate of drug-likeness (QED) is 0.411. The Kier molecular flexibility index (Phi) is 5.51. The normalized spacial score (nSPS) is 13.0. The highest BCUT2D eigenvalue weighted by molar-refractivity contribution is 14.1. The molecule has 0 spiro atoms. The van der Waals surface area contributed by atoms with Gasteiger partial charge >= 0.3 is 12.1 Å². The topological polar surface area (TPSA) is 30.7 Å². The number of hydrogen-bond donors (Lipinski definition) is 0. The lowest BCUT2D eigenvalue weighted by atomic mass is 10.2. The summed E-state index contributed by atoms with van der Waals surface area (Å²) in [6.07, 6.45) is -2.12. The SMILES string of the molecule is CCCCCCn1nnc(C(F)(F)C(F)(F)F)c1I. The average Bonchev–Trinajstić information content (AvgIpc) is 2.65. The minimum absolute atomic E-state index is 0.267. The van der Waals surface area contributed by atoms with E-state index in [1.165, 1.54) is 22.6 Å². The second-order valence-corrected chi connectivity index (χ2v) is 5.11. The van der Waals surface area contributed by atoms with Crippen molar-refractivity contribution in [2.45, 2.75) is 51.3 Å². The first-order valence-electron chi connectivity index (χ1n) is 5.75. The Balaban J connectivity index is 2.81. The van der Waals surface area contributed by atoms with Gasteiger partial charge in [0.05, 0.1) is 0 Å². The molecule has 0 saturated carbocycles. The van der Waals surface area contributed by atoms with Gasteiger partial charge in [-0.25, -0.2) is 4.68 Å². The highest BCUT2D eigenvalue weighted by Gasteiger charge is 2.61. The maximum Gasteiger partial charge on any atom is 0.459 e. The summed E-state index contributed by atoms with van der Waals surface area (Å²) >= 11 is 1.42. The smallest absolute Gasteiger partial charge is 0.239 e. The predicted octanol–water partition coefficient (Wildman–Crippen LogP) is 4.12. The molecule has 0 amide bonds. The van der Waals surface area contributed by atoms with Crippen LogP contribution in [-0.2, 0) is 12.5 Å². The van der Waals surface area contributed by atoms with Gasteiger partial charge in [0.1, 0.15) is 3.70 Å². The maximum atomic E-state index is 13.1. The fourth-order valence-electron chi connectivity index (χ4n) is 1.46. The van der Waals surface area contributed by atoms with Gasteiger partial charge in [0, 0.05) is 6.54 Å². The summed E-state index contributed by atoms with van der Waals surface area (Å²) in [5, 5.41) is 6.36. The Morgan fingerprint density at radius 3 is 2.26 bits per heavy atom. The molecule has 0 N–H and O–H groups in total. The second-order valence-electron chi connectivity index (χ2n) is 4.08. The van der Waals surface area contributed by atoms with Crippen LogP contribution in [0.1, 0.15) is 38.3 Å². The Labute approximate surface area is 120 Å². The highest BCUT2D eigenvalue weighted by Crippen LogP contribution is 2.44. The van der Waals surface area contributed by atoms with Crippen molar-refractivity contribution in [1.29, 1.82) is 0 Å². The molecule has 0 saturated heterocycles. The van der Waals surface area contributed by atoms with E-state index in [4.69, 9.17) is 0 Å². The third-order valence-electron chi connectivity index (χ3n) is 2.55. The van der Waals surface area contributed by atoms with Gasteiger partial charge in [-0.05, 0) is 29.0 Å². The monoisotopic (exact) mass is 397 g/mol. The highest BCUT2D eigenvalue weighted by atomic mass is 127. The molecular formula is C10H13F5IN3. The molecule has 0 fully saturated rings. The standard InChI is InChI=1S/C10H13F5IN3/c1-2-3-4-5-6-19-8(16)7(17-18-19)9(11,12)10(13,14)15/h2-6H2,1H3.